The maximum absolute atomic E-state index is 12.4. The molecule has 350 valence electrons. The zero-order chi connectivity index (χ0) is 49.9. The number of aromatic nitrogens is 4. The minimum Gasteiger partial charge on any atom is -0.456 e. The lowest BCUT2D eigenvalue weighted by atomic mass is 9.98. The average molecular weight is 969 g/mol. The second kappa shape index (κ2) is 14.9. The molecular weight excluding hydrogens is 933 g/mol. The van der Waals surface area contributed by atoms with Crippen molar-refractivity contribution in [3.05, 3.63) is 230 Å². The summed E-state index contributed by atoms with van der Waals surface area (Å²) in [6.45, 7) is 0. The highest BCUT2D eigenvalue weighted by Crippen LogP contribution is 2.50. The van der Waals surface area contributed by atoms with Crippen molar-refractivity contribution in [2.24, 2.45) is 0 Å². The average Bonchev–Trinajstić information content (AvgIpc) is 4.47. The Morgan fingerprint density at radius 2 is 0.500 bits per heavy atom. The number of hydrogen-bond donors (Lipinski definition) is 0. The third kappa shape index (κ3) is 5.18. The van der Waals surface area contributed by atoms with E-state index in [1.165, 1.54) is 0 Å². The molecule has 8 heteroatoms. The highest BCUT2D eigenvalue weighted by molar-refractivity contribution is 6.21. The predicted octanol–water partition coefficient (Wildman–Crippen LogP) is 17.6. The van der Waals surface area contributed by atoms with Crippen LogP contribution < -0.4 is 0 Å². The van der Waals surface area contributed by atoms with Crippen molar-refractivity contribution in [3.8, 4) is 34.9 Å². The molecule has 0 aliphatic heterocycles. The summed E-state index contributed by atoms with van der Waals surface area (Å²) in [6, 6.07) is 81.3. The summed E-state index contributed by atoms with van der Waals surface area (Å²) in [5.41, 5.74) is 13.2. The number of fused-ring (bicyclic) bond motifs is 18. The Bertz CT molecular complexity index is 5070. The van der Waals surface area contributed by atoms with Crippen LogP contribution in [0, 0.1) is 22.7 Å². The first-order chi connectivity index (χ1) is 37.7. The summed E-state index contributed by atoms with van der Waals surface area (Å²) < 4.78 is 22.5. The van der Waals surface area contributed by atoms with Crippen LogP contribution in [0.4, 0.5) is 0 Å². The fourth-order valence-electron chi connectivity index (χ4n) is 13.0. The largest absolute Gasteiger partial charge is 0.456 e. The molecule has 0 aliphatic rings. The second-order valence-corrected chi connectivity index (χ2v) is 19.7. The van der Waals surface area contributed by atoms with Crippen LogP contribution in [-0.2, 0) is 0 Å². The number of furan rings is 2. The third-order valence-electron chi connectivity index (χ3n) is 16.0. The molecule has 0 fully saturated rings. The van der Waals surface area contributed by atoms with Crippen molar-refractivity contribution < 1.29 is 8.83 Å². The Kier molecular flexibility index (Phi) is 7.99. The summed E-state index contributed by atoms with van der Waals surface area (Å²) in [6.07, 6.45) is 0. The quantitative estimate of drug-likeness (QED) is 0.176. The predicted molar refractivity (Wildman–Crippen MR) is 308 cm³/mol. The van der Waals surface area contributed by atoms with E-state index in [0.717, 1.165) is 142 Å². The van der Waals surface area contributed by atoms with Gasteiger partial charge in [-0.2, -0.15) is 10.5 Å². The number of hydrogen-bond acceptors (Lipinski definition) is 4. The van der Waals surface area contributed by atoms with Gasteiger partial charge in [0.25, 0.3) is 0 Å². The molecule has 0 aliphatic carbocycles. The summed E-state index contributed by atoms with van der Waals surface area (Å²) in [5.74, 6) is 0. The van der Waals surface area contributed by atoms with Crippen LogP contribution in [0.15, 0.2) is 227 Å². The van der Waals surface area contributed by atoms with E-state index in [4.69, 9.17) is 8.83 Å². The topological polar surface area (TPSA) is 93.6 Å². The molecule has 11 aromatic carbocycles. The van der Waals surface area contributed by atoms with Crippen LogP contribution in [0.25, 0.3) is 154 Å². The van der Waals surface area contributed by atoms with Gasteiger partial charge in [-0.3, -0.25) is 0 Å². The molecule has 0 amide bonds. The fourth-order valence-corrected chi connectivity index (χ4v) is 13.0. The highest BCUT2D eigenvalue weighted by atomic mass is 16.3. The molecule has 0 unspecified atom stereocenters. The van der Waals surface area contributed by atoms with Gasteiger partial charge in [-0.15, -0.1) is 0 Å². The first-order valence-electron chi connectivity index (χ1n) is 25.4. The summed E-state index contributed by atoms with van der Waals surface area (Å²) >= 11 is 0. The van der Waals surface area contributed by atoms with E-state index < -0.39 is 0 Å². The van der Waals surface area contributed by atoms with Crippen LogP contribution in [0.5, 0.6) is 0 Å². The molecule has 8 nitrogen and oxygen atoms in total. The number of para-hydroxylation sites is 8. The molecule has 17 aromatic rings. The third-order valence-corrected chi connectivity index (χ3v) is 16.0. The van der Waals surface area contributed by atoms with Crippen LogP contribution in [0.2, 0.25) is 0 Å². The molecule has 6 aromatic heterocycles. The number of nitriles is 2. The minimum absolute atomic E-state index is 0.224. The van der Waals surface area contributed by atoms with Gasteiger partial charge >= 0.3 is 0 Å². The van der Waals surface area contributed by atoms with E-state index in [1.54, 1.807) is 0 Å². The molecule has 76 heavy (non-hydrogen) atoms. The Morgan fingerprint density at radius 3 is 0.816 bits per heavy atom. The van der Waals surface area contributed by atoms with Crippen molar-refractivity contribution in [1.29, 1.82) is 10.5 Å². The first kappa shape index (κ1) is 40.8. The maximum atomic E-state index is 12.4. The first-order valence-corrected chi connectivity index (χ1v) is 25.4. The van der Waals surface area contributed by atoms with Crippen molar-refractivity contribution in [3.63, 3.8) is 0 Å². The Balaban J connectivity index is 1.18. The maximum Gasteiger partial charge on any atom is 0.137 e. The van der Waals surface area contributed by atoms with E-state index in [9.17, 15) is 10.5 Å². The van der Waals surface area contributed by atoms with E-state index in [2.05, 4.69) is 200 Å². The number of nitrogens with zero attached hydrogens (tertiary/aromatic N) is 6. The zero-order valence-corrected chi connectivity index (χ0v) is 40.3. The molecule has 0 spiro atoms. The van der Waals surface area contributed by atoms with E-state index >= 15 is 0 Å². The Labute approximate surface area is 431 Å². The summed E-state index contributed by atoms with van der Waals surface area (Å²) in [5, 5.41) is 36.9. The lowest BCUT2D eigenvalue weighted by Gasteiger charge is -2.27. The molecule has 6 heterocycles. The Hall–Kier alpha value is -10.8. The van der Waals surface area contributed by atoms with Gasteiger partial charge in [0.05, 0.1) is 78.0 Å². The SMILES string of the molecule is N#Cc1c(C#N)c(-n2c3ccccc3c3cc4c(cc32)oc2ccccc24)c(-n2c3ccccc3c3ccccc32)c(-n2c3ccccc3c3ccccc32)c1-n1c2ccccc2c2cc3c(cc21)oc1ccccc13. The number of benzene rings is 11. The lowest BCUT2D eigenvalue weighted by Crippen LogP contribution is -2.17. The van der Waals surface area contributed by atoms with Gasteiger partial charge in [-0.05, 0) is 60.7 Å². The van der Waals surface area contributed by atoms with Crippen molar-refractivity contribution in [2.75, 3.05) is 0 Å². The molecule has 0 saturated carbocycles. The monoisotopic (exact) mass is 968 g/mol. The van der Waals surface area contributed by atoms with Gasteiger partial charge in [-0.25, -0.2) is 0 Å². The fraction of sp³-hybridized carbons (Fsp3) is 0. The highest BCUT2D eigenvalue weighted by Gasteiger charge is 2.35. The van der Waals surface area contributed by atoms with E-state index in [0.29, 0.717) is 11.4 Å². The molecule has 0 atom stereocenters. The van der Waals surface area contributed by atoms with Gasteiger partial charge in [0.1, 0.15) is 34.5 Å². The molecular formula is C68H36N6O2. The molecule has 0 saturated heterocycles. The smallest absolute Gasteiger partial charge is 0.137 e. The van der Waals surface area contributed by atoms with Crippen LogP contribution in [0.3, 0.4) is 0 Å². The van der Waals surface area contributed by atoms with Gasteiger partial charge in [0.15, 0.2) is 0 Å². The lowest BCUT2D eigenvalue weighted by molar-refractivity contribution is 0.669. The van der Waals surface area contributed by atoms with Crippen molar-refractivity contribution >= 4 is 131 Å². The van der Waals surface area contributed by atoms with Crippen LogP contribution in [0.1, 0.15) is 11.1 Å². The van der Waals surface area contributed by atoms with Crippen LogP contribution >= 0.6 is 0 Å². The van der Waals surface area contributed by atoms with E-state index in [1.807, 2.05) is 48.5 Å². The van der Waals surface area contributed by atoms with E-state index in [-0.39, 0.29) is 11.1 Å². The van der Waals surface area contributed by atoms with Gasteiger partial charge in [-0.1, -0.05) is 146 Å². The van der Waals surface area contributed by atoms with Gasteiger partial charge in [0.2, 0.25) is 0 Å². The Morgan fingerprint density at radius 1 is 0.237 bits per heavy atom. The summed E-state index contributed by atoms with van der Waals surface area (Å²) in [7, 11) is 0. The minimum atomic E-state index is 0.224. The molecule has 0 bridgehead atoms. The number of rotatable bonds is 4. The molecule has 0 radical (unpaired) electrons. The molecule has 0 N–H and O–H groups in total. The van der Waals surface area contributed by atoms with Crippen LogP contribution in [-0.4, -0.2) is 18.3 Å². The van der Waals surface area contributed by atoms with Crippen molar-refractivity contribution in [2.45, 2.75) is 0 Å². The van der Waals surface area contributed by atoms with Gasteiger partial charge < -0.3 is 27.1 Å². The molecule has 17 rings (SSSR count). The normalized spacial score (nSPS) is 12.2. The summed E-state index contributed by atoms with van der Waals surface area (Å²) in [4.78, 5) is 0. The standard InChI is InChI=1S/C68H36N6O2/c69-37-51-52(38-70)66(74-58-30-14-6-22-44(58)48-34-50-46-24-8-16-32-62(46)76-64(50)36-60(48)74)68(72-55-27-11-3-19-41(55)42-20-4-12-28-56(42)72)67(71-53-25-9-1-17-39(53)40-18-2-10-26-54(40)71)65(51)73-57-29-13-5-21-43(57)47-33-49-45-23-7-15-31-61(45)75-63(49)35-59(47)73/h1-36H. The zero-order valence-electron chi connectivity index (χ0n) is 40.3. The second-order valence-electron chi connectivity index (χ2n) is 19.7. The van der Waals surface area contributed by atoms with Gasteiger partial charge in [0, 0.05) is 76.8 Å². The van der Waals surface area contributed by atoms with Crippen molar-refractivity contribution in [1.82, 2.24) is 18.3 Å².